The number of hydrogen-bond donors (Lipinski definition) is 1. The number of hydrogen-bond acceptors (Lipinski definition) is 5. The van der Waals surface area contributed by atoms with Crippen LogP contribution in [0.5, 0.6) is 11.5 Å². The molecule has 2 aromatic rings. The molecular formula is C22H25ClF3N3O3. The van der Waals surface area contributed by atoms with E-state index in [9.17, 15) is 18.0 Å². The molecule has 0 unspecified atom stereocenters. The number of nitrogens with one attached hydrogen (secondary N) is 1. The van der Waals surface area contributed by atoms with Gasteiger partial charge in [-0.2, -0.15) is 13.2 Å². The van der Waals surface area contributed by atoms with E-state index in [1.165, 1.54) is 0 Å². The predicted molar refractivity (Wildman–Crippen MR) is 115 cm³/mol. The molecule has 1 aliphatic rings. The second kappa shape index (κ2) is 10.3. The normalized spacial score (nSPS) is 14.9. The van der Waals surface area contributed by atoms with Crippen LogP contribution in [-0.4, -0.2) is 44.7 Å². The lowest BCUT2D eigenvalue weighted by atomic mass is 9.95. The summed E-state index contributed by atoms with van der Waals surface area (Å²) in [6.07, 6.45) is -1.99. The minimum atomic E-state index is -4.49. The van der Waals surface area contributed by atoms with Gasteiger partial charge in [0.25, 0.3) is 0 Å². The zero-order valence-corrected chi connectivity index (χ0v) is 18.6. The summed E-state index contributed by atoms with van der Waals surface area (Å²) in [5.41, 5.74) is 0.0539. The minimum Gasteiger partial charge on any atom is -0.497 e. The van der Waals surface area contributed by atoms with Crippen molar-refractivity contribution in [3.63, 3.8) is 0 Å². The van der Waals surface area contributed by atoms with Crippen molar-refractivity contribution < 1.29 is 27.4 Å². The Hall–Kier alpha value is -2.68. The highest BCUT2D eigenvalue weighted by atomic mass is 35.5. The van der Waals surface area contributed by atoms with Gasteiger partial charge in [-0.05, 0) is 49.1 Å². The van der Waals surface area contributed by atoms with Crippen molar-refractivity contribution in [1.29, 1.82) is 0 Å². The van der Waals surface area contributed by atoms with Crippen LogP contribution in [0.1, 0.15) is 24.0 Å². The van der Waals surface area contributed by atoms with E-state index in [-0.39, 0.29) is 16.8 Å². The Bertz CT molecular complexity index is 948. The average Bonchev–Trinajstić information content (AvgIpc) is 2.78. The summed E-state index contributed by atoms with van der Waals surface area (Å²) < 4.78 is 49.0. The van der Waals surface area contributed by atoms with E-state index in [1.807, 2.05) is 23.1 Å². The molecule has 2 heterocycles. The first-order valence-electron chi connectivity index (χ1n) is 10.2. The number of alkyl halides is 3. The van der Waals surface area contributed by atoms with Gasteiger partial charge in [-0.25, -0.2) is 4.98 Å². The maximum absolute atomic E-state index is 12.8. The molecule has 32 heavy (non-hydrogen) atoms. The first-order valence-corrected chi connectivity index (χ1v) is 10.6. The lowest BCUT2D eigenvalue weighted by molar-refractivity contribution is -0.137. The lowest BCUT2D eigenvalue weighted by Gasteiger charge is -2.32. The number of aromatic nitrogens is 1. The highest BCUT2D eigenvalue weighted by Gasteiger charge is 2.33. The molecule has 0 atom stereocenters. The fourth-order valence-electron chi connectivity index (χ4n) is 3.71. The maximum atomic E-state index is 12.8. The topological polar surface area (TPSA) is 63.7 Å². The highest BCUT2D eigenvalue weighted by molar-refractivity contribution is 6.33. The smallest absolute Gasteiger partial charge is 0.417 e. The molecule has 1 aliphatic heterocycles. The Morgan fingerprint density at radius 1 is 1.22 bits per heavy atom. The number of piperidine rings is 1. The van der Waals surface area contributed by atoms with Crippen molar-refractivity contribution in [2.45, 2.75) is 25.4 Å². The number of carbonyl (C=O) groups excluding carboxylic acids is 1. The Kier molecular flexibility index (Phi) is 7.71. The zero-order chi connectivity index (χ0) is 23.3. The van der Waals surface area contributed by atoms with Crippen LogP contribution in [0.4, 0.5) is 19.0 Å². The molecule has 174 valence electrons. The van der Waals surface area contributed by atoms with Crippen molar-refractivity contribution in [2.24, 2.45) is 5.92 Å². The predicted octanol–water partition coefficient (Wildman–Crippen LogP) is 4.35. The van der Waals surface area contributed by atoms with Crippen molar-refractivity contribution in [3.8, 4) is 11.5 Å². The van der Waals surface area contributed by atoms with Gasteiger partial charge in [-0.3, -0.25) is 4.79 Å². The standard InChI is InChI=1S/C22H25ClF3N3O3/c1-31-17-3-4-19(32-2)15(11-17)5-8-27-21(30)14-6-9-29(10-7-14)20-18(23)12-16(13-28-20)22(24,25)26/h3-4,11-14H,5-10H2,1-2H3,(H,27,30). The van der Waals surface area contributed by atoms with Gasteiger partial charge in [0.2, 0.25) is 5.91 Å². The summed E-state index contributed by atoms with van der Waals surface area (Å²) >= 11 is 6.04. The van der Waals surface area contributed by atoms with Crippen LogP contribution in [0.15, 0.2) is 30.5 Å². The van der Waals surface area contributed by atoms with Gasteiger partial charge in [0.15, 0.2) is 0 Å². The number of rotatable bonds is 7. The molecule has 0 saturated carbocycles. The summed E-state index contributed by atoms with van der Waals surface area (Å²) in [7, 11) is 3.18. The van der Waals surface area contributed by atoms with E-state index in [2.05, 4.69) is 10.3 Å². The second-order valence-corrected chi connectivity index (χ2v) is 7.91. The molecule has 1 aromatic heterocycles. The van der Waals surface area contributed by atoms with E-state index in [4.69, 9.17) is 21.1 Å². The fraction of sp³-hybridized carbons (Fsp3) is 0.455. The SMILES string of the molecule is COc1ccc(OC)c(CCNC(=O)C2CCN(c3ncc(C(F)(F)F)cc3Cl)CC2)c1. The Balaban J connectivity index is 1.51. The average molecular weight is 472 g/mol. The minimum absolute atomic E-state index is 0.0435. The van der Waals surface area contributed by atoms with Crippen LogP contribution < -0.4 is 19.7 Å². The molecule has 1 N–H and O–H groups in total. The molecule has 0 spiro atoms. The number of halogens is 4. The van der Waals surface area contributed by atoms with Crippen LogP contribution in [0.3, 0.4) is 0 Å². The molecular weight excluding hydrogens is 447 g/mol. The zero-order valence-electron chi connectivity index (χ0n) is 17.8. The van der Waals surface area contributed by atoms with E-state index in [0.717, 1.165) is 29.3 Å². The van der Waals surface area contributed by atoms with Crippen LogP contribution in [-0.2, 0) is 17.4 Å². The lowest BCUT2D eigenvalue weighted by Crippen LogP contribution is -2.41. The molecule has 1 amide bonds. The first kappa shape index (κ1) is 24.0. The van der Waals surface area contributed by atoms with Crippen LogP contribution in [0.25, 0.3) is 0 Å². The summed E-state index contributed by atoms with van der Waals surface area (Å²) in [5.74, 6) is 1.54. The molecule has 1 fully saturated rings. The number of carbonyl (C=O) groups is 1. The highest BCUT2D eigenvalue weighted by Crippen LogP contribution is 2.34. The Morgan fingerprint density at radius 3 is 2.53 bits per heavy atom. The molecule has 0 bridgehead atoms. The number of ether oxygens (including phenoxy) is 2. The summed E-state index contributed by atoms with van der Waals surface area (Å²) in [4.78, 5) is 18.3. The van der Waals surface area contributed by atoms with Gasteiger partial charge >= 0.3 is 6.18 Å². The Labute approximate surface area is 189 Å². The van der Waals surface area contributed by atoms with Gasteiger partial charge < -0.3 is 19.7 Å². The van der Waals surface area contributed by atoms with Gasteiger partial charge in [0.05, 0.1) is 24.8 Å². The molecule has 6 nitrogen and oxygen atoms in total. The van der Waals surface area contributed by atoms with Crippen molar-refractivity contribution in [3.05, 3.63) is 46.6 Å². The molecule has 0 radical (unpaired) electrons. The third kappa shape index (κ3) is 5.76. The van der Waals surface area contributed by atoms with Crippen molar-refractivity contribution in [2.75, 3.05) is 38.8 Å². The van der Waals surface area contributed by atoms with Gasteiger partial charge in [0.1, 0.15) is 17.3 Å². The number of methoxy groups -OCH3 is 2. The molecule has 1 aromatic carbocycles. The van der Waals surface area contributed by atoms with Gasteiger partial charge in [-0.1, -0.05) is 11.6 Å². The maximum Gasteiger partial charge on any atom is 0.417 e. The largest absolute Gasteiger partial charge is 0.497 e. The second-order valence-electron chi connectivity index (χ2n) is 7.51. The van der Waals surface area contributed by atoms with E-state index in [1.54, 1.807) is 14.2 Å². The van der Waals surface area contributed by atoms with Crippen molar-refractivity contribution >= 4 is 23.3 Å². The van der Waals surface area contributed by atoms with Crippen molar-refractivity contribution in [1.82, 2.24) is 10.3 Å². The quantitative estimate of drug-likeness (QED) is 0.650. The van der Waals surface area contributed by atoms with E-state index < -0.39 is 11.7 Å². The molecule has 10 heteroatoms. The number of benzene rings is 1. The third-order valence-electron chi connectivity index (χ3n) is 5.50. The number of amides is 1. The molecule has 1 saturated heterocycles. The van der Waals surface area contributed by atoms with Gasteiger partial charge in [-0.15, -0.1) is 0 Å². The number of pyridine rings is 1. The van der Waals surface area contributed by atoms with Gasteiger partial charge in [0, 0.05) is 31.7 Å². The summed E-state index contributed by atoms with van der Waals surface area (Å²) in [6, 6.07) is 6.40. The number of nitrogens with zero attached hydrogens (tertiary/aromatic N) is 2. The fourth-order valence-corrected chi connectivity index (χ4v) is 4.00. The summed E-state index contributed by atoms with van der Waals surface area (Å²) in [5, 5.41) is 2.91. The third-order valence-corrected chi connectivity index (χ3v) is 5.77. The van der Waals surface area contributed by atoms with E-state index >= 15 is 0 Å². The first-order chi connectivity index (χ1) is 15.2. The summed E-state index contributed by atoms with van der Waals surface area (Å²) in [6.45, 7) is 1.43. The van der Waals surface area contributed by atoms with E-state index in [0.29, 0.717) is 44.7 Å². The molecule has 3 rings (SSSR count). The van der Waals surface area contributed by atoms with Crippen LogP contribution in [0.2, 0.25) is 5.02 Å². The Morgan fingerprint density at radius 2 is 1.94 bits per heavy atom. The monoisotopic (exact) mass is 471 g/mol. The van der Waals surface area contributed by atoms with Crippen LogP contribution >= 0.6 is 11.6 Å². The number of anilines is 1. The molecule has 0 aliphatic carbocycles. The van der Waals surface area contributed by atoms with Crippen LogP contribution in [0, 0.1) is 5.92 Å².